The molecule has 0 radical (unpaired) electrons. The van der Waals surface area contributed by atoms with Crippen LogP contribution in [0.25, 0.3) is 0 Å². The van der Waals surface area contributed by atoms with Crippen molar-refractivity contribution in [3.63, 3.8) is 0 Å². The van der Waals surface area contributed by atoms with Crippen LogP contribution in [0.15, 0.2) is 9.21 Å². The topological polar surface area (TPSA) is 60.9 Å². The Morgan fingerprint density at radius 3 is 2.84 bits per heavy atom. The molecule has 0 atom stereocenters. The minimum Gasteiger partial charge on any atom is -0.423 e. The van der Waals surface area contributed by atoms with Crippen molar-refractivity contribution in [2.75, 3.05) is 0 Å². The highest BCUT2D eigenvalue weighted by Gasteiger charge is 2.20. The Morgan fingerprint density at radius 2 is 2.11 bits per heavy atom. The second-order valence-corrected chi connectivity index (χ2v) is 6.27. The Hall–Kier alpha value is -1.43. The van der Waals surface area contributed by atoms with Crippen molar-refractivity contribution < 1.29 is 4.42 Å². The number of nitrogens with zero attached hydrogens (tertiary/aromatic N) is 3. The fourth-order valence-electron chi connectivity index (χ4n) is 2.39. The highest BCUT2D eigenvalue weighted by Crippen LogP contribution is 2.24. The third-order valence-electron chi connectivity index (χ3n) is 3.42. The molecule has 6 heteroatoms. The molecule has 0 spiro atoms. The van der Waals surface area contributed by atoms with E-state index in [9.17, 15) is 4.79 Å². The first-order chi connectivity index (χ1) is 9.15. The normalized spacial score (nSPS) is 14.9. The Balaban J connectivity index is 1.90. The van der Waals surface area contributed by atoms with Crippen LogP contribution in [0.5, 0.6) is 0 Å². The van der Waals surface area contributed by atoms with Crippen molar-refractivity contribution in [3.05, 3.63) is 32.0 Å². The second kappa shape index (κ2) is 4.92. The zero-order valence-corrected chi connectivity index (χ0v) is 12.0. The molecule has 2 aromatic heterocycles. The molecule has 2 heterocycles. The molecule has 0 bridgehead atoms. The summed E-state index contributed by atoms with van der Waals surface area (Å²) in [7, 11) is 0. The van der Waals surface area contributed by atoms with E-state index in [0.717, 1.165) is 19.3 Å². The number of fused-ring (bicyclic) bond motifs is 1. The molecule has 0 aliphatic heterocycles. The van der Waals surface area contributed by atoms with Gasteiger partial charge in [0, 0.05) is 16.5 Å². The minimum atomic E-state index is 0.0937. The lowest BCUT2D eigenvalue weighted by molar-refractivity contribution is 0.418. The van der Waals surface area contributed by atoms with Gasteiger partial charge in [0.15, 0.2) is 0 Å². The molecule has 0 unspecified atom stereocenters. The van der Waals surface area contributed by atoms with Gasteiger partial charge in [-0.05, 0) is 25.7 Å². The van der Waals surface area contributed by atoms with Crippen molar-refractivity contribution in [3.8, 4) is 0 Å². The molecule has 0 fully saturated rings. The van der Waals surface area contributed by atoms with E-state index in [4.69, 9.17) is 4.42 Å². The van der Waals surface area contributed by atoms with E-state index in [1.807, 2.05) is 13.8 Å². The largest absolute Gasteiger partial charge is 0.423 e. The van der Waals surface area contributed by atoms with Crippen LogP contribution in [-0.2, 0) is 19.4 Å². The van der Waals surface area contributed by atoms with Crippen molar-refractivity contribution >= 4 is 11.3 Å². The molecule has 19 heavy (non-hydrogen) atoms. The molecule has 3 rings (SSSR count). The Morgan fingerprint density at radius 1 is 1.32 bits per heavy atom. The van der Waals surface area contributed by atoms with Gasteiger partial charge in [-0.25, -0.2) is 0 Å². The average Bonchev–Trinajstić information content (AvgIpc) is 2.96. The molecule has 0 saturated carbocycles. The van der Waals surface area contributed by atoms with Crippen molar-refractivity contribution in [2.24, 2.45) is 0 Å². The van der Waals surface area contributed by atoms with Crippen molar-refractivity contribution in [2.45, 2.75) is 52.0 Å². The number of thiazole rings is 1. The molecule has 1 aliphatic carbocycles. The third-order valence-corrected chi connectivity index (χ3v) is 4.50. The number of aryl methyl sites for hydroxylation is 1. The van der Waals surface area contributed by atoms with Gasteiger partial charge in [0.25, 0.3) is 0 Å². The Bertz CT molecular complexity index is 639. The van der Waals surface area contributed by atoms with Crippen molar-refractivity contribution in [1.82, 2.24) is 14.8 Å². The summed E-state index contributed by atoms with van der Waals surface area (Å²) in [5.74, 6) is 1.37. The van der Waals surface area contributed by atoms with Crippen molar-refractivity contribution in [1.29, 1.82) is 0 Å². The predicted molar refractivity (Wildman–Crippen MR) is 72.7 cm³/mol. The van der Waals surface area contributed by atoms with Gasteiger partial charge in [-0.1, -0.05) is 25.2 Å². The summed E-state index contributed by atoms with van der Waals surface area (Å²) in [5, 5.41) is 8.04. The summed E-state index contributed by atoms with van der Waals surface area (Å²) in [5.41, 5.74) is 1.17. The van der Waals surface area contributed by atoms with Gasteiger partial charge < -0.3 is 4.42 Å². The quantitative estimate of drug-likeness (QED) is 0.865. The van der Waals surface area contributed by atoms with Crippen LogP contribution in [0.4, 0.5) is 0 Å². The van der Waals surface area contributed by atoms with Gasteiger partial charge in [0.05, 0.1) is 0 Å². The summed E-state index contributed by atoms with van der Waals surface area (Å²) < 4.78 is 7.39. The minimum absolute atomic E-state index is 0.0937. The molecule has 1 aliphatic rings. The highest BCUT2D eigenvalue weighted by molar-refractivity contribution is 7.09. The summed E-state index contributed by atoms with van der Waals surface area (Å²) in [6.45, 7) is 4.43. The molecule has 102 valence electrons. The zero-order chi connectivity index (χ0) is 13.4. The fraction of sp³-hybridized carbons (Fsp3) is 0.615. The van der Waals surface area contributed by atoms with Crippen LogP contribution >= 0.6 is 11.3 Å². The lowest BCUT2D eigenvalue weighted by Crippen LogP contribution is -2.18. The molecular weight excluding hydrogens is 262 g/mol. The van der Waals surface area contributed by atoms with Crippen LogP contribution in [0.1, 0.15) is 55.0 Å². The van der Waals surface area contributed by atoms with Crippen LogP contribution in [0.2, 0.25) is 0 Å². The van der Waals surface area contributed by atoms with Gasteiger partial charge >= 0.3 is 4.87 Å². The molecule has 0 amide bonds. The Labute approximate surface area is 115 Å². The van der Waals surface area contributed by atoms with Crippen LogP contribution < -0.4 is 4.87 Å². The lowest BCUT2D eigenvalue weighted by atomic mass is 10.0. The number of hydrogen-bond donors (Lipinski definition) is 0. The lowest BCUT2D eigenvalue weighted by Gasteiger charge is -2.12. The van der Waals surface area contributed by atoms with Crippen LogP contribution in [0.3, 0.4) is 0 Å². The summed E-state index contributed by atoms with van der Waals surface area (Å²) in [6, 6.07) is 0. The van der Waals surface area contributed by atoms with E-state index >= 15 is 0 Å². The third kappa shape index (κ3) is 2.36. The fourth-order valence-corrected chi connectivity index (χ4v) is 3.46. The summed E-state index contributed by atoms with van der Waals surface area (Å²) in [6.07, 6.45) is 4.36. The first kappa shape index (κ1) is 12.6. The highest BCUT2D eigenvalue weighted by atomic mass is 32.1. The van der Waals surface area contributed by atoms with E-state index in [1.165, 1.54) is 28.3 Å². The smallest absolute Gasteiger partial charge is 0.308 e. The maximum absolute atomic E-state index is 12.0. The SMILES string of the molecule is CC(C)c1nnc(Cn2c3c(sc2=O)CCCC3)o1. The first-order valence-electron chi connectivity index (χ1n) is 6.69. The molecular formula is C13H17N3O2S. The predicted octanol–water partition coefficient (Wildman–Crippen LogP) is 2.34. The second-order valence-electron chi connectivity index (χ2n) is 5.22. The van der Waals surface area contributed by atoms with E-state index in [-0.39, 0.29) is 10.8 Å². The maximum atomic E-state index is 12.0. The van der Waals surface area contributed by atoms with Gasteiger partial charge in [0.1, 0.15) is 6.54 Å². The monoisotopic (exact) mass is 279 g/mol. The van der Waals surface area contributed by atoms with E-state index in [1.54, 1.807) is 4.57 Å². The molecule has 0 aromatic carbocycles. The molecule has 5 nitrogen and oxygen atoms in total. The molecule has 0 N–H and O–H groups in total. The average molecular weight is 279 g/mol. The van der Waals surface area contributed by atoms with Crippen LogP contribution in [-0.4, -0.2) is 14.8 Å². The number of hydrogen-bond acceptors (Lipinski definition) is 5. The first-order valence-corrected chi connectivity index (χ1v) is 7.50. The molecule has 0 saturated heterocycles. The number of aromatic nitrogens is 3. The molecule has 2 aromatic rings. The standard InChI is InChI=1S/C13H17N3O2S/c1-8(2)12-15-14-11(18-12)7-16-9-5-3-4-6-10(9)19-13(16)17/h8H,3-7H2,1-2H3. The summed E-state index contributed by atoms with van der Waals surface area (Å²) in [4.78, 5) is 13.4. The van der Waals surface area contributed by atoms with E-state index in [2.05, 4.69) is 10.2 Å². The van der Waals surface area contributed by atoms with Gasteiger partial charge in [-0.2, -0.15) is 0 Å². The van der Waals surface area contributed by atoms with Crippen LogP contribution in [0, 0.1) is 0 Å². The summed E-state index contributed by atoms with van der Waals surface area (Å²) >= 11 is 1.37. The van der Waals surface area contributed by atoms with Gasteiger partial charge in [-0.15, -0.1) is 10.2 Å². The van der Waals surface area contributed by atoms with Gasteiger partial charge in [-0.3, -0.25) is 9.36 Å². The maximum Gasteiger partial charge on any atom is 0.308 e. The van der Waals surface area contributed by atoms with E-state index in [0.29, 0.717) is 18.3 Å². The zero-order valence-electron chi connectivity index (χ0n) is 11.2. The van der Waals surface area contributed by atoms with E-state index < -0.39 is 0 Å². The number of rotatable bonds is 3. The Kier molecular flexibility index (Phi) is 3.26. The van der Waals surface area contributed by atoms with Gasteiger partial charge in [0.2, 0.25) is 11.8 Å².